The van der Waals surface area contributed by atoms with Gasteiger partial charge in [0.25, 0.3) is 5.91 Å². The highest BCUT2D eigenvalue weighted by Gasteiger charge is 2.36. The summed E-state index contributed by atoms with van der Waals surface area (Å²) in [6, 6.07) is 3.17. The summed E-state index contributed by atoms with van der Waals surface area (Å²) < 4.78 is 69.9. The molecule has 176 valence electrons. The summed E-state index contributed by atoms with van der Waals surface area (Å²) in [5.41, 5.74) is 1.00. The van der Waals surface area contributed by atoms with Crippen LogP contribution in [-0.2, 0) is 0 Å². The third kappa shape index (κ3) is 4.13. The number of benzene rings is 1. The normalized spacial score (nSPS) is 16.1. The zero-order valence-electron chi connectivity index (χ0n) is 17.6. The van der Waals surface area contributed by atoms with Gasteiger partial charge in [0.15, 0.2) is 11.6 Å². The van der Waals surface area contributed by atoms with Crippen LogP contribution in [0.1, 0.15) is 47.8 Å². The van der Waals surface area contributed by atoms with Gasteiger partial charge in [-0.15, -0.1) is 0 Å². The fourth-order valence-corrected chi connectivity index (χ4v) is 4.18. The zero-order valence-corrected chi connectivity index (χ0v) is 17.6. The summed E-state index contributed by atoms with van der Waals surface area (Å²) in [6.45, 7) is 0. The molecule has 34 heavy (non-hydrogen) atoms. The molecule has 1 amide bonds. The molecular weight excluding hydrogens is 457 g/mol. The number of nitrogens with one attached hydrogen (secondary N) is 2. The van der Waals surface area contributed by atoms with Gasteiger partial charge in [-0.2, -0.15) is 0 Å². The average molecular weight is 475 g/mol. The molecule has 0 spiro atoms. The monoisotopic (exact) mass is 475 g/mol. The third-order valence-electron chi connectivity index (χ3n) is 6.04. The molecule has 1 fully saturated rings. The van der Waals surface area contributed by atoms with Gasteiger partial charge in [-0.05, 0) is 18.9 Å². The Morgan fingerprint density at radius 2 is 1.79 bits per heavy atom. The highest BCUT2D eigenvalue weighted by molar-refractivity contribution is 6.08. The van der Waals surface area contributed by atoms with Gasteiger partial charge in [-0.3, -0.25) is 9.78 Å². The number of pyridine rings is 1. The number of hydrogen-bond acceptors (Lipinski definition) is 3. The SMILES string of the molecule is O=C(Nc1c[nH]c2cc(F)c(F)cc12)c1cn(-c2cnc(C3CCC(F)(F)CC3)c(F)c2)cn1. The number of aromatic amines is 1. The first-order valence-electron chi connectivity index (χ1n) is 10.6. The molecule has 0 bridgehead atoms. The number of imidazole rings is 1. The second-order valence-electron chi connectivity index (χ2n) is 8.33. The van der Waals surface area contributed by atoms with E-state index in [1.165, 1.54) is 35.6 Å². The maximum atomic E-state index is 14.7. The van der Waals surface area contributed by atoms with Crippen LogP contribution < -0.4 is 5.32 Å². The molecule has 11 heteroatoms. The molecule has 4 aromatic rings. The number of fused-ring (bicyclic) bond motifs is 1. The van der Waals surface area contributed by atoms with Crippen LogP contribution in [0.2, 0.25) is 0 Å². The topological polar surface area (TPSA) is 75.6 Å². The average Bonchev–Trinajstić information content (AvgIpc) is 3.43. The molecule has 0 unspecified atom stereocenters. The van der Waals surface area contributed by atoms with Crippen LogP contribution in [-0.4, -0.2) is 31.3 Å². The predicted molar refractivity (Wildman–Crippen MR) is 114 cm³/mol. The Labute approximate surface area is 189 Å². The molecule has 2 N–H and O–H groups in total. The van der Waals surface area contributed by atoms with Crippen LogP contribution in [0.5, 0.6) is 0 Å². The van der Waals surface area contributed by atoms with E-state index in [0.717, 1.165) is 12.1 Å². The highest BCUT2D eigenvalue weighted by Crippen LogP contribution is 2.41. The molecule has 0 aliphatic heterocycles. The van der Waals surface area contributed by atoms with E-state index in [-0.39, 0.29) is 54.1 Å². The van der Waals surface area contributed by atoms with E-state index < -0.39 is 29.3 Å². The van der Waals surface area contributed by atoms with E-state index in [2.05, 4.69) is 20.3 Å². The maximum absolute atomic E-state index is 14.7. The minimum absolute atomic E-state index is 0.00377. The molecule has 1 aliphatic rings. The number of halogens is 5. The first kappa shape index (κ1) is 22.1. The fraction of sp³-hybridized carbons (Fsp3) is 0.261. The molecular formula is C23H18F5N5O. The van der Waals surface area contributed by atoms with Crippen LogP contribution in [0.15, 0.2) is 43.1 Å². The van der Waals surface area contributed by atoms with Crippen LogP contribution in [0.4, 0.5) is 27.6 Å². The van der Waals surface area contributed by atoms with Crippen LogP contribution >= 0.6 is 0 Å². The second-order valence-corrected chi connectivity index (χ2v) is 8.33. The lowest BCUT2D eigenvalue weighted by atomic mass is 9.84. The van der Waals surface area contributed by atoms with Gasteiger partial charge in [0.05, 0.1) is 28.8 Å². The molecule has 1 aliphatic carbocycles. The van der Waals surface area contributed by atoms with Gasteiger partial charge >= 0.3 is 0 Å². The molecule has 5 rings (SSSR count). The summed E-state index contributed by atoms with van der Waals surface area (Å²) >= 11 is 0. The van der Waals surface area contributed by atoms with Crippen molar-refractivity contribution in [2.75, 3.05) is 5.32 Å². The van der Waals surface area contributed by atoms with E-state index in [4.69, 9.17) is 0 Å². The van der Waals surface area contributed by atoms with Crippen LogP contribution in [0.3, 0.4) is 0 Å². The first-order valence-corrected chi connectivity index (χ1v) is 10.6. The van der Waals surface area contributed by atoms with Gasteiger partial charge in [-0.1, -0.05) is 0 Å². The van der Waals surface area contributed by atoms with Crippen molar-refractivity contribution in [2.24, 2.45) is 0 Å². The lowest BCUT2D eigenvalue weighted by Crippen LogP contribution is -2.24. The van der Waals surface area contributed by atoms with E-state index in [0.29, 0.717) is 11.2 Å². The standard InChI is InChI=1S/C23H18F5N5O/c24-15-6-14-18(7-16(15)25)29-9-19(14)32-22(34)20-10-33(11-31-20)13-5-17(26)21(30-8-13)12-1-3-23(27,28)4-2-12/h5-12,29H,1-4H2,(H,32,34). The number of nitrogens with zero attached hydrogens (tertiary/aromatic N) is 3. The van der Waals surface area contributed by atoms with Gasteiger partial charge in [-0.25, -0.2) is 26.9 Å². The van der Waals surface area contributed by atoms with Crippen molar-refractivity contribution in [1.29, 1.82) is 0 Å². The first-order chi connectivity index (χ1) is 16.2. The van der Waals surface area contributed by atoms with Crippen molar-refractivity contribution in [3.8, 4) is 5.69 Å². The quantitative estimate of drug-likeness (QED) is 0.371. The van der Waals surface area contributed by atoms with Crippen molar-refractivity contribution < 1.29 is 26.7 Å². The number of alkyl halides is 2. The van der Waals surface area contributed by atoms with Gasteiger partial charge in [0, 0.05) is 48.7 Å². The van der Waals surface area contributed by atoms with Crippen molar-refractivity contribution in [3.05, 3.63) is 72.0 Å². The van der Waals surface area contributed by atoms with Crippen molar-refractivity contribution >= 4 is 22.5 Å². The second kappa shape index (κ2) is 8.23. The Morgan fingerprint density at radius 3 is 2.53 bits per heavy atom. The Balaban J connectivity index is 1.32. The summed E-state index contributed by atoms with van der Waals surface area (Å²) in [5, 5.41) is 2.86. The third-order valence-corrected chi connectivity index (χ3v) is 6.04. The molecule has 3 aromatic heterocycles. The number of hydrogen-bond donors (Lipinski definition) is 2. The largest absolute Gasteiger partial charge is 0.359 e. The summed E-state index contributed by atoms with van der Waals surface area (Å²) in [4.78, 5) is 23.5. The summed E-state index contributed by atoms with van der Waals surface area (Å²) in [5.74, 6) is -6.37. The number of amides is 1. The number of carbonyl (C=O) groups excluding carboxylic acids is 1. The lowest BCUT2D eigenvalue weighted by molar-refractivity contribution is -0.0387. The van der Waals surface area contributed by atoms with Crippen molar-refractivity contribution in [3.63, 3.8) is 0 Å². The maximum Gasteiger partial charge on any atom is 0.275 e. The molecule has 1 saturated carbocycles. The Hall–Kier alpha value is -3.76. The van der Waals surface area contributed by atoms with Crippen LogP contribution in [0.25, 0.3) is 16.6 Å². The van der Waals surface area contributed by atoms with Gasteiger partial charge in [0.1, 0.15) is 17.8 Å². The minimum atomic E-state index is -2.71. The Kier molecular flexibility index (Phi) is 5.34. The summed E-state index contributed by atoms with van der Waals surface area (Å²) in [6.07, 6.45) is 5.20. The van der Waals surface area contributed by atoms with Gasteiger partial charge in [0.2, 0.25) is 5.92 Å². The molecule has 0 radical (unpaired) electrons. The lowest BCUT2D eigenvalue weighted by Gasteiger charge is -2.28. The number of carbonyl (C=O) groups is 1. The molecule has 0 saturated heterocycles. The van der Waals surface area contributed by atoms with E-state index in [9.17, 15) is 26.7 Å². The number of H-pyrrole nitrogens is 1. The number of anilines is 1. The molecule has 0 atom stereocenters. The van der Waals surface area contributed by atoms with Gasteiger partial charge < -0.3 is 14.9 Å². The Morgan fingerprint density at radius 1 is 1.06 bits per heavy atom. The van der Waals surface area contributed by atoms with Crippen molar-refractivity contribution in [1.82, 2.24) is 19.5 Å². The molecule has 3 heterocycles. The van der Waals surface area contributed by atoms with Crippen LogP contribution in [0, 0.1) is 17.5 Å². The van der Waals surface area contributed by atoms with E-state index in [1.54, 1.807) is 0 Å². The molecule has 6 nitrogen and oxygen atoms in total. The number of rotatable bonds is 4. The predicted octanol–water partition coefficient (Wildman–Crippen LogP) is 5.71. The smallest absolute Gasteiger partial charge is 0.275 e. The fourth-order valence-electron chi connectivity index (χ4n) is 4.18. The summed E-state index contributed by atoms with van der Waals surface area (Å²) in [7, 11) is 0. The highest BCUT2D eigenvalue weighted by atomic mass is 19.3. The number of aromatic nitrogens is 4. The molecule has 1 aromatic carbocycles. The minimum Gasteiger partial charge on any atom is -0.359 e. The van der Waals surface area contributed by atoms with E-state index in [1.807, 2.05) is 0 Å². The van der Waals surface area contributed by atoms with E-state index >= 15 is 0 Å². The zero-order chi connectivity index (χ0) is 24.0. The van der Waals surface area contributed by atoms with Crippen molar-refractivity contribution in [2.45, 2.75) is 37.5 Å². The Bertz CT molecular complexity index is 1390.